The minimum atomic E-state index is -0.770. The van der Waals surface area contributed by atoms with Crippen molar-refractivity contribution in [1.82, 2.24) is 15.0 Å². The van der Waals surface area contributed by atoms with E-state index in [2.05, 4.69) is 15.0 Å². The number of hydrogen-bond acceptors (Lipinski definition) is 3. The number of aryl methyl sites for hydroxylation is 1. The van der Waals surface area contributed by atoms with Crippen molar-refractivity contribution < 1.29 is 9.90 Å². The number of fused-ring (bicyclic) bond motifs is 3. The number of carbonyl (C=O) groups is 1. The van der Waals surface area contributed by atoms with Crippen LogP contribution in [0.25, 0.3) is 11.0 Å². The van der Waals surface area contributed by atoms with Crippen molar-refractivity contribution in [1.29, 1.82) is 0 Å². The molecular weight excluding hydrogens is 194 g/mol. The van der Waals surface area contributed by atoms with Crippen LogP contribution < -0.4 is 0 Å². The number of carboxylic acid groups (broad SMARTS) is 1. The van der Waals surface area contributed by atoms with Gasteiger partial charge in [-0.1, -0.05) is 0 Å². The Labute approximate surface area is 85.2 Å². The van der Waals surface area contributed by atoms with E-state index in [0.717, 1.165) is 28.7 Å². The summed E-state index contributed by atoms with van der Waals surface area (Å²) in [5.41, 5.74) is 2.61. The van der Waals surface area contributed by atoms with Gasteiger partial charge in [-0.25, -0.2) is 9.97 Å². The Morgan fingerprint density at radius 3 is 3.27 bits per heavy atom. The van der Waals surface area contributed by atoms with Gasteiger partial charge < -0.3 is 10.1 Å². The summed E-state index contributed by atoms with van der Waals surface area (Å²) in [6.07, 6.45) is 4.66. The maximum absolute atomic E-state index is 11.0. The molecule has 5 nitrogen and oxygen atoms in total. The number of carboxylic acids is 1. The Morgan fingerprint density at radius 1 is 1.60 bits per heavy atom. The number of hydrogen-bond donors (Lipinski definition) is 2. The van der Waals surface area contributed by atoms with E-state index >= 15 is 0 Å². The number of nitrogens with zero attached hydrogens (tertiary/aromatic N) is 2. The van der Waals surface area contributed by atoms with E-state index < -0.39 is 11.9 Å². The van der Waals surface area contributed by atoms with Gasteiger partial charge in [0.2, 0.25) is 0 Å². The van der Waals surface area contributed by atoms with Gasteiger partial charge in [-0.2, -0.15) is 0 Å². The van der Waals surface area contributed by atoms with E-state index in [9.17, 15) is 4.79 Å². The second kappa shape index (κ2) is 2.79. The van der Waals surface area contributed by atoms with Crippen molar-refractivity contribution in [2.24, 2.45) is 0 Å². The molecule has 1 aliphatic carbocycles. The van der Waals surface area contributed by atoms with Gasteiger partial charge in [-0.05, 0) is 18.4 Å². The number of aliphatic carboxylic acids is 1. The lowest BCUT2D eigenvalue weighted by Gasteiger charge is -2.01. The maximum atomic E-state index is 11.0. The largest absolute Gasteiger partial charge is 0.481 e. The van der Waals surface area contributed by atoms with Crippen LogP contribution in [0.2, 0.25) is 0 Å². The first kappa shape index (κ1) is 8.40. The van der Waals surface area contributed by atoms with Crippen molar-refractivity contribution in [3.05, 3.63) is 23.8 Å². The average Bonchev–Trinajstić information content (AvgIpc) is 2.74. The van der Waals surface area contributed by atoms with Crippen LogP contribution in [0.1, 0.15) is 23.6 Å². The van der Waals surface area contributed by atoms with E-state index in [4.69, 9.17) is 5.11 Å². The fraction of sp³-hybridized carbons (Fsp3) is 0.300. The van der Waals surface area contributed by atoms with Crippen molar-refractivity contribution in [2.75, 3.05) is 0 Å². The number of aromatic nitrogens is 3. The number of rotatable bonds is 1. The minimum absolute atomic E-state index is 0.408. The Balaban J connectivity index is 2.25. The Kier molecular flexibility index (Phi) is 1.56. The van der Waals surface area contributed by atoms with E-state index in [1.807, 2.05) is 0 Å². The predicted molar refractivity (Wildman–Crippen MR) is 52.6 cm³/mol. The van der Waals surface area contributed by atoms with Crippen LogP contribution >= 0.6 is 0 Å². The molecular formula is C10H9N3O2. The average molecular weight is 203 g/mol. The van der Waals surface area contributed by atoms with Gasteiger partial charge >= 0.3 is 5.97 Å². The summed E-state index contributed by atoms with van der Waals surface area (Å²) in [7, 11) is 0. The fourth-order valence-electron chi connectivity index (χ4n) is 2.24. The third-order valence-corrected chi connectivity index (χ3v) is 2.95. The molecule has 5 heteroatoms. The van der Waals surface area contributed by atoms with Crippen LogP contribution in [-0.4, -0.2) is 26.0 Å². The monoisotopic (exact) mass is 203 g/mol. The molecule has 1 aliphatic rings. The lowest BCUT2D eigenvalue weighted by molar-refractivity contribution is -0.138. The summed E-state index contributed by atoms with van der Waals surface area (Å²) < 4.78 is 0. The molecule has 2 heterocycles. The Hall–Kier alpha value is -1.91. The van der Waals surface area contributed by atoms with Crippen LogP contribution in [0, 0.1) is 0 Å². The topological polar surface area (TPSA) is 78.9 Å². The van der Waals surface area contributed by atoms with Gasteiger partial charge in [0.1, 0.15) is 12.0 Å². The summed E-state index contributed by atoms with van der Waals surface area (Å²) in [5.74, 6) is -1.18. The molecule has 15 heavy (non-hydrogen) atoms. The SMILES string of the molecule is O=C(O)C1CCc2c1[nH]c1ncncc21. The molecule has 2 aromatic rings. The number of H-pyrrole nitrogens is 1. The summed E-state index contributed by atoms with van der Waals surface area (Å²) in [6, 6.07) is 0. The van der Waals surface area contributed by atoms with Crippen molar-refractivity contribution >= 4 is 17.0 Å². The quantitative estimate of drug-likeness (QED) is 0.726. The summed E-state index contributed by atoms with van der Waals surface area (Å²) >= 11 is 0. The highest BCUT2D eigenvalue weighted by Gasteiger charge is 2.31. The molecule has 0 saturated heterocycles. The lowest BCUT2D eigenvalue weighted by Crippen LogP contribution is -2.08. The van der Waals surface area contributed by atoms with E-state index in [1.165, 1.54) is 6.33 Å². The van der Waals surface area contributed by atoms with Crippen LogP contribution in [0.15, 0.2) is 12.5 Å². The molecule has 1 atom stereocenters. The normalized spacial score (nSPS) is 19.3. The molecule has 0 spiro atoms. The highest BCUT2D eigenvalue weighted by molar-refractivity contribution is 5.86. The predicted octanol–water partition coefficient (Wildman–Crippen LogP) is 1.07. The zero-order valence-electron chi connectivity index (χ0n) is 7.90. The van der Waals surface area contributed by atoms with Gasteiger partial charge in [0.05, 0.1) is 5.92 Å². The third-order valence-electron chi connectivity index (χ3n) is 2.95. The molecule has 0 aliphatic heterocycles. The second-order valence-electron chi connectivity index (χ2n) is 3.73. The van der Waals surface area contributed by atoms with Crippen molar-refractivity contribution in [3.8, 4) is 0 Å². The van der Waals surface area contributed by atoms with Crippen LogP contribution in [0.5, 0.6) is 0 Å². The molecule has 1 unspecified atom stereocenters. The maximum Gasteiger partial charge on any atom is 0.312 e. The summed E-state index contributed by atoms with van der Waals surface area (Å²) in [5, 5.41) is 9.98. The van der Waals surface area contributed by atoms with Gasteiger partial charge in [0, 0.05) is 17.3 Å². The molecule has 0 saturated carbocycles. The first-order valence-electron chi connectivity index (χ1n) is 4.80. The van der Waals surface area contributed by atoms with Gasteiger partial charge in [0.25, 0.3) is 0 Å². The lowest BCUT2D eigenvalue weighted by atomic mass is 10.1. The van der Waals surface area contributed by atoms with E-state index in [1.54, 1.807) is 6.20 Å². The highest BCUT2D eigenvalue weighted by Crippen LogP contribution is 2.36. The summed E-state index contributed by atoms with van der Waals surface area (Å²) in [4.78, 5) is 22.1. The molecule has 2 aromatic heterocycles. The first-order chi connectivity index (χ1) is 7.27. The van der Waals surface area contributed by atoms with Gasteiger partial charge in [-0.15, -0.1) is 0 Å². The van der Waals surface area contributed by atoms with Crippen molar-refractivity contribution in [3.63, 3.8) is 0 Å². The Morgan fingerprint density at radius 2 is 2.47 bits per heavy atom. The molecule has 0 fully saturated rings. The van der Waals surface area contributed by atoms with E-state index in [0.29, 0.717) is 6.42 Å². The molecule has 0 bridgehead atoms. The van der Waals surface area contributed by atoms with Crippen LogP contribution in [-0.2, 0) is 11.2 Å². The molecule has 2 N–H and O–H groups in total. The summed E-state index contributed by atoms with van der Waals surface area (Å²) in [6.45, 7) is 0. The Bertz CT molecular complexity index is 547. The first-order valence-corrected chi connectivity index (χ1v) is 4.80. The van der Waals surface area contributed by atoms with Crippen LogP contribution in [0.3, 0.4) is 0 Å². The number of aromatic amines is 1. The number of nitrogens with one attached hydrogen (secondary N) is 1. The zero-order valence-corrected chi connectivity index (χ0v) is 7.90. The molecule has 0 aromatic carbocycles. The smallest absolute Gasteiger partial charge is 0.312 e. The van der Waals surface area contributed by atoms with Gasteiger partial charge in [-0.3, -0.25) is 4.79 Å². The minimum Gasteiger partial charge on any atom is -0.481 e. The molecule has 0 radical (unpaired) electrons. The molecule has 76 valence electrons. The van der Waals surface area contributed by atoms with E-state index in [-0.39, 0.29) is 0 Å². The molecule has 3 rings (SSSR count). The molecule has 0 amide bonds. The standard InChI is InChI=1S/C10H9N3O2/c14-10(15)6-2-1-5-7-3-11-4-12-9(7)13-8(5)6/h3-4,6H,1-2H2,(H,14,15)(H,11,12,13). The zero-order chi connectivity index (χ0) is 10.4. The van der Waals surface area contributed by atoms with Crippen molar-refractivity contribution in [2.45, 2.75) is 18.8 Å². The second-order valence-corrected chi connectivity index (χ2v) is 3.73. The van der Waals surface area contributed by atoms with Gasteiger partial charge in [0.15, 0.2) is 0 Å². The van der Waals surface area contributed by atoms with Crippen LogP contribution in [0.4, 0.5) is 0 Å². The third kappa shape index (κ3) is 1.06. The fourth-order valence-corrected chi connectivity index (χ4v) is 2.24. The highest BCUT2D eigenvalue weighted by atomic mass is 16.4.